The highest BCUT2D eigenvalue weighted by Crippen LogP contribution is 2.57. The first-order chi connectivity index (χ1) is 12.5. The van der Waals surface area contributed by atoms with Gasteiger partial charge >= 0.3 is 30.7 Å². The fourth-order valence-electron chi connectivity index (χ4n) is 2.22. The van der Waals surface area contributed by atoms with Crippen molar-refractivity contribution >= 4 is 5.97 Å². The summed E-state index contributed by atoms with van der Waals surface area (Å²) in [6.07, 6.45) is -27.8. The standard InChI is InChI=1S/C13H6F12O4/c14-10(15,16)8(28,11(17,18)19)5-2-1-4(7(26)27)3-6(5)9(29,12(20,21)22)13(23,24)25/h1-3,28-29H,(H,26,27). The van der Waals surface area contributed by atoms with Crippen molar-refractivity contribution in [3.05, 3.63) is 34.9 Å². The molecule has 3 N–H and O–H groups in total. The first-order valence-corrected chi connectivity index (χ1v) is 6.63. The topological polar surface area (TPSA) is 77.8 Å². The minimum Gasteiger partial charge on any atom is -0.478 e. The Bertz CT molecular complexity index is 759. The van der Waals surface area contributed by atoms with Crippen molar-refractivity contribution < 1.29 is 72.8 Å². The van der Waals surface area contributed by atoms with Gasteiger partial charge in [-0.2, -0.15) is 52.7 Å². The van der Waals surface area contributed by atoms with Crippen LogP contribution in [-0.2, 0) is 11.2 Å². The summed E-state index contributed by atoms with van der Waals surface area (Å²) in [5.74, 6) is -2.35. The first kappa shape index (κ1) is 24.8. The molecule has 0 fully saturated rings. The summed E-state index contributed by atoms with van der Waals surface area (Å²) >= 11 is 0. The van der Waals surface area contributed by atoms with E-state index in [9.17, 15) is 67.7 Å². The molecular formula is C13H6F12O4. The van der Waals surface area contributed by atoms with Gasteiger partial charge in [0.05, 0.1) is 5.56 Å². The molecule has 0 radical (unpaired) electrons. The number of hydrogen-bond acceptors (Lipinski definition) is 3. The van der Waals surface area contributed by atoms with Gasteiger partial charge in [0, 0.05) is 11.1 Å². The van der Waals surface area contributed by atoms with Gasteiger partial charge in [0.25, 0.3) is 11.2 Å². The number of halogens is 12. The van der Waals surface area contributed by atoms with E-state index >= 15 is 0 Å². The first-order valence-electron chi connectivity index (χ1n) is 6.63. The second-order valence-electron chi connectivity index (χ2n) is 5.48. The molecule has 0 amide bonds. The van der Waals surface area contributed by atoms with E-state index in [1.165, 1.54) is 0 Å². The van der Waals surface area contributed by atoms with Crippen molar-refractivity contribution in [1.82, 2.24) is 0 Å². The molecule has 166 valence electrons. The number of aromatic carboxylic acids is 1. The number of carbonyl (C=O) groups is 1. The van der Waals surface area contributed by atoms with Crippen molar-refractivity contribution in [2.45, 2.75) is 35.9 Å². The van der Waals surface area contributed by atoms with Crippen LogP contribution in [0.1, 0.15) is 21.5 Å². The van der Waals surface area contributed by atoms with E-state index in [1.54, 1.807) is 0 Å². The number of carboxylic acids is 1. The molecule has 0 aliphatic rings. The quantitative estimate of drug-likeness (QED) is 0.604. The van der Waals surface area contributed by atoms with Crippen molar-refractivity contribution in [2.24, 2.45) is 0 Å². The Morgan fingerprint density at radius 2 is 0.931 bits per heavy atom. The van der Waals surface area contributed by atoms with Crippen LogP contribution in [0.5, 0.6) is 0 Å². The Kier molecular flexibility index (Phi) is 5.69. The number of aliphatic hydroxyl groups is 2. The molecule has 4 nitrogen and oxygen atoms in total. The maximum Gasteiger partial charge on any atom is 0.430 e. The van der Waals surface area contributed by atoms with Gasteiger partial charge in [-0.3, -0.25) is 0 Å². The lowest BCUT2D eigenvalue weighted by Crippen LogP contribution is -2.59. The number of rotatable bonds is 3. The highest BCUT2D eigenvalue weighted by molar-refractivity contribution is 5.88. The zero-order valence-corrected chi connectivity index (χ0v) is 13.0. The lowest BCUT2D eigenvalue weighted by Gasteiger charge is -2.39. The Morgan fingerprint density at radius 1 is 0.621 bits per heavy atom. The minimum atomic E-state index is -6.98. The summed E-state index contributed by atoms with van der Waals surface area (Å²) < 4.78 is 156. The van der Waals surface area contributed by atoms with E-state index in [0.29, 0.717) is 0 Å². The van der Waals surface area contributed by atoms with Gasteiger partial charge in [-0.05, 0) is 12.1 Å². The van der Waals surface area contributed by atoms with Gasteiger partial charge in [0.2, 0.25) is 0 Å². The molecule has 0 aromatic heterocycles. The fraction of sp³-hybridized carbons (Fsp3) is 0.462. The van der Waals surface area contributed by atoms with Crippen LogP contribution >= 0.6 is 0 Å². The van der Waals surface area contributed by atoms with Gasteiger partial charge < -0.3 is 15.3 Å². The highest BCUT2D eigenvalue weighted by Gasteiger charge is 2.77. The van der Waals surface area contributed by atoms with Crippen LogP contribution in [0.4, 0.5) is 52.7 Å². The molecule has 1 aromatic rings. The fourth-order valence-corrected chi connectivity index (χ4v) is 2.22. The molecule has 0 atom stereocenters. The molecule has 0 bridgehead atoms. The van der Waals surface area contributed by atoms with E-state index in [2.05, 4.69) is 0 Å². The third kappa shape index (κ3) is 3.70. The molecule has 0 aliphatic heterocycles. The molecule has 0 spiro atoms. The van der Waals surface area contributed by atoms with E-state index in [1.807, 2.05) is 0 Å². The van der Waals surface area contributed by atoms with Crippen molar-refractivity contribution in [1.29, 1.82) is 0 Å². The Labute approximate surface area is 151 Å². The maximum atomic E-state index is 13.0. The van der Waals surface area contributed by atoms with Gasteiger partial charge in [-0.25, -0.2) is 4.79 Å². The Balaban J connectivity index is 4.26. The molecule has 0 saturated carbocycles. The van der Waals surface area contributed by atoms with Gasteiger partial charge in [0.15, 0.2) is 0 Å². The molecule has 16 heteroatoms. The molecule has 1 rings (SSSR count). The molecule has 0 aliphatic carbocycles. The summed E-state index contributed by atoms with van der Waals surface area (Å²) in [5.41, 5.74) is -20.7. The monoisotopic (exact) mass is 454 g/mol. The lowest BCUT2D eigenvalue weighted by molar-refractivity contribution is -0.387. The van der Waals surface area contributed by atoms with Gasteiger partial charge in [-0.1, -0.05) is 6.07 Å². The van der Waals surface area contributed by atoms with Crippen LogP contribution in [0.2, 0.25) is 0 Å². The summed E-state index contributed by atoms with van der Waals surface area (Å²) in [5, 5.41) is 27.1. The summed E-state index contributed by atoms with van der Waals surface area (Å²) in [7, 11) is 0. The molecule has 1 aromatic carbocycles. The van der Waals surface area contributed by atoms with Crippen molar-refractivity contribution in [3.63, 3.8) is 0 Å². The van der Waals surface area contributed by atoms with Crippen LogP contribution < -0.4 is 0 Å². The molecule has 29 heavy (non-hydrogen) atoms. The summed E-state index contributed by atoms with van der Waals surface area (Å²) in [4.78, 5) is 10.8. The van der Waals surface area contributed by atoms with Crippen LogP contribution in [-0.4, -0.2) is 46.0 Å². The predicted octanol–water partition coefficient (Wildman–Crippen LogP) is 4.01. The minimum absolute atomic E-state index is 0.212. The van der Waals surface area contributed by atoms with Gasteiger partial charge in [0.1, 0.15) is 0 Å². The van der Waals surface area contributed by atoms with Gasteiger partial charge in [-0.15, -0.1) is 0 Å². The van der Waals surface area contributed by atoms with Crippen LogP contribution in [0.3, 0.4) is 0 Å². The number of alkyl halides is 12. The molecule has 0 unspecified atom stereocenters. The lowest BCUT2D eigenvalue weighted by atomic mass is 9.79. The Morgan fingerprint density at radius 3 is 1.21 bits per heavy atom. The third-order valence-corrected chi connectivity index (χ3v) is 3.69. The zero-order chi connectivity index (χ0) is 23.4. The zero-order valence-electron chi connectivity index (χ0n) is 13.0. The summed E-state index contributed by atoms with van der Waals surface area (Å²) in [6, 6.07) is -1.85. The average molecular weight is 454 g/mol. The van der Waals surface area contributed by atoms with E-state index in [-0.39, 0.29) is 6.07 Å². The second kappa shape index (κ2) is 6.65. The SMILES string of the molecule is O=C(O)c1ccc(C(O)(C(F)(F)F)C(F)(F)F)c(C(O)(C(F)(F)F)C(F)(F)F)c1. The van der Waals surface area contributed by atoms with E-state index in [4.69, 9.17) is 5.11 Å². The smallest absolute Gasteiger partial charge is 0.430 e. The van der Waals surface area contributed by atoms with Crippen LogP contribution in [0.15, 0.2) is 18.2 Å². The molecular weight excluding hydrogens is 448 g/mol. The van der Waals surface area contributed by atoms with Crippen molar-refractivity contribution in [2.75, 3.05) is 0 Å². The summed E-state index contributed by atoms with van der Waals surface area (Å²) in [6.45, 7) is 0. The van der Waals surface area contributed by atoms with E-state index in [0.717, 1.165) is 0 Å². The normalized spacial score (nSPS) is 14.8. The Hall–Kier alpha value is -2.23. The van der Waals surface area contributed by atoms with E-state index < -0.39 is 70.7 Å². The average Bonchev–Trinajstić information content (AvgIpc) is 2.48. The maximum absolute atomic E-state index is 13.0. The number of hydrogen-bond donors (Lipinski definition) is 3. The molecule has 0 heterocycles. The van der Waals surface area contributed by atoms with Crippen LogP contribution in [0, 0.1) is 0 Å². The third-order valence-electron chi connectivity index (χ3n) is 3.69. The van der Waals surface area contributed by atoms with Crippen LogP contribution in [0.25, 0.3) is 0 Å². The highest BCUT2D eigenvalue weighted by atomic mass is 19.4. The predicted molar refractivity (Wildman–Crippen MR) is 65.4 cm³/mol. The largest absolute Gasteiger partial charge is 0.478 e. The second-order valence-corrected chi connectivity index (χ2v) is 5.48. The number of benzene rings is 1. The molecule has 0 saturated heterocycles. The number of carboxylic acid groups (broad SMARTS) is 1. The van der Waals surface area contributed by atoms with Crippen molar-refractivity contribution in [3.8, 4) is 0 Å².